The minimum Gasteiger partial charge on any atom is -0.0796 e. The number of hydrogen-bond acceptors (Lipinski definition) is 0. The number of allylic oxidation sites excluding steroid dienone is 1. The van der Waals surface area contributed by atoms with E-state index in [9.17, 15) is 0 Å². The summed E-state index contributed by atoms with van der Waals surface area (Å²) in [4.78, 5) is 0. The highest BCUT2D eigenvalue weighted by molar-refractivity contribution is 5.95. The van der Waals surface area contributed by atoms with Crippen molar-refractivity contribution in [3.05, 3.63) is 89.0 Å². The van der Waals surface area contributed by atoms with Crippen molar-refractivity contribution in [1.29, 1.82) is 0 Å². The van der Waals surface area contributed by atoms with Gasteiger partial charge in [-0.25, -0.2) is 0 Å². The van der Waals surface area contributed by atoms with Crippen molar-refractivity contribution < 1.29 is 0 Å². The van der Waals surface area contributed by atoms with E-state index in [1.165, 1.54) is 46.7 Å². The van der Waals surface area contributed by atoms with Gasteiger partial charge in [-0.1, -0.05) is 93.1 Å². The van der Waals surface area contributed by atoms with Crippen LogP contribution in [0.2, 0.25) is 0 Å². The lowest BCUT2D eigenvalue weighted by Crippen LogP contribution is -2.34. The first kappa shape index (κ1) is 16.8. The van der Waals surface area contributed by atoms with Crippen LogP contribution < -0.4 is 0 Å². The van der Waals surface area contributed by atoms with E-state index >= 15 is 0 Å². The maximum absolute atomic E-state index is 2.52. The van der Waals surface area contributed by atoms with Gasteiger partial charge in [-0.15, -0.1) is 0 Å². The first-order valence-corrected chi connectivity index (χ1v) is 10.4. The van der Waals surface area contributed by atoms with Crippen molar-refractivity contribution in [3.8, 4) is 0 Å². The smallest absolute Gasteiger partial charge is 0.00196 e. The quantitative estimate of drug-likeness (QED) is 0.452. The molecule has 0 heterocycles. The van der Waals surface area contributed by atoms with Crippen molar-refractivity contribution in [1.82, 2.24) is 0 Å². The van der Waals surface area contributed by atoms with Gasteiger partial charge in [-0.2, -0.15) is 0 Å². The first-order chi connectivity index (χ1) is 13.1. The molecule has 1 saturated carbocycles. The van der Waals surface area contributed by atoms with Crippen molar-refractivity contribution >= 4 is 16.8 Å². The summed E-state index contributed by atoms with van der Waals surface area (Å²) in [6.45, 7) is 4.91. The molecule has 0 aromatic heterocycles. The number of hydrogen-bond donors (Lipinski definition) is 0. The van der Waals surface area contributed by atoms with Gasteiger partial charge in [0, 0.05) is 0 Å². The zero-order chi connectivity index (χ0) is 18.4. The fourth-order valence-electron chi connectivity index (χ4n) is 5.55. The van der Waals surface area contributed by atoms with Crippen LogP contribution in [-0.2, 0) is 6.42 Å². The summed E-state index contributed by atoms with van der Waals surface area (Å²) in [5.74, 6) is 1.37. The molecule has 2 atom stereocenters. The molecule has 0 heteroatoms. The molecule has 0 nitrogen and oxygen atoms in total. The Labute approximate surface area is 162 Å². The molecule has 0 N–H and O–H groups in total. The maximum Gasteiger partial charge on any atom is -0.00196 e. The zero-order valence-electron chi connectivity index (χ0n) is 16.4. The third-order valence-corrected chi connectivity index (χ3v) is 7.01. The van der Waals surface area contributed by atoms with Gasteiger partial charge < -0.3 is 0 Å². The van der Waals surface area contributed by atoms with E-state index in [0.717, 1.165) is 6.42 Å². The summed E-state index contributed by atoms with van der Waals surface area (Å²) >= 11 is 0. The molecular weight excluding hydrogens is 324 g/mol. The molecule has 3 aromatic rings. The summed E-state index contributed by atoms with van der Waals surface area (Å²) in [5.41, 5.74) is 6.29. The Balaban J connectivity index is 1.61. The highest BCUT2D eigenvalue weighted by Gasteiger charge is 2.40. The summed E-state index contributed by atoms with van der Waals surface area (Å²) in [5, 5.41) is 2.84. The van der Waals surface area contributed by atoms with Gasteiger partial charge in [-0.05, 0) is 69.5 Å². The highest BCUT2D eigenvalue weighted by Crippen LogP contribution is 2.52. The van der Waals surface area contributed by atoms with E-state index in [2.05, 4.69) is 86.7 Å². The zero-order valence-corrected chi connectivity index (χ0v) is 16.4. The molecular formula is C27H28. The molecule has 2 unspecified atom stereocenters. The van der Waals surface area contributed by atoms with Crippen LogP contribution in [-0.4, -0.2) is 0 Å². The molecule has 0 bridgehead atoms. The van der Waals surface area contributed by atoms with Crippen LogP contribution in [0.1, 0.15) is 61.3 Å². The van der Waals surface area contributed by atoms with Gasteiger partial charge in [0.15, 0.2) is 0 Å². The molecule has 0 aliphatic heterocycles. The Morgan fingerprint density at radius 2 is 1.74 bits per heavy atom. The Hall–Kier alpha value is -2.34. The summed E-state index contributed by atoms with van der Waals surface area (Å²) in [6.07, 6.45) is 9.99. The summed E-state index contributed by atoms with van der Waals surface area (Å²) in [6, 6.07) is 22.5. The van der Waals surface area contributed by atoms with Gasteiger partial charge in [0.05, 0.1) is 0 Å². The van der Waals surface area contributed by atoms with Crippen molar-refractivity contribution in [2.75, 3.05) is 0 Å². The van der Waals surface area contributed by atoms with Crippen LogP contribution >= 0.6 is 0 Å². The van der Waals surface area contributed by atoms with Crippen molar-refractivity contribution in [2.45, 2.75) is 45.4 Å². The molecule has 2 aliphatic rings. The molecule has 3 aromatic carbocycles. The molecule has 5 rings (SSSR count). The second-order valence-corrected chi connectivity index (χ2v) is 9.12. The second kappa shape index (κ2) is 6.37. The minimum atomic E-state index is 0.418. The highest BCUT2D eigenvalue weighted by atomic mass is 14.4. The molecule has 0 amide bonds. The van der Waals surface area contributed by atoms with E-state index in [0.29, 0.717) is 17.3 Å². The SMILES string of the molecule is CC1(C)CCCC2c3ccc4c(Cc5ccccc5)cccc4c3C=CC21. The average Bonchev–Trinajstić information content (AvgIpc) is 2.68. The normalized spacial score (nSPS) is 23.0. The molecule has 0 radical (unpaired) electrons. The first-order valence-electron chi connectivity index (χ1n) is 10.4. The number of rotatable bonds is 2. The van der Waals surface area contributed by atoms with E-state index in [1.54, 1.807) is 5.56 Å². The standard InChI is InChI=1S/C27H28/c1-27(2)17-7-12-25-24-14-13-21-20(18-19-8-4-3-5-9-19)10-6-11-22(21)23(24)15-16-26(25)27/h3-6,8-11,13-16,25-26H,7,12,17-18H2,1-2H3. The van der Waals surface area contributed by atoms with Gasteiger partial charge in [0.25, 0.3) is 0 Å². The molecule has 136 valence electrons. The Kier molecular flexibility index (Phi) is 3.97. The summed E-state index contributed by atoms with van der Waals surface area (Å²) < 4.78 is 0. The van der Waals surface area contributed by atoms with E-state index < -0.39 is 0 Å². The number of fused-ring (bicyclic) bond motifs is 5. The Morgan fingerprint density at radius 1 is 0.889 bits per heavy atom. The fourth-order valence-corrected chi connectivity index (χ4v) is 5.55. The third-order valence-electron chi connectivity index (χ3n) is 7.01. The van der Waals surface area contributed by atoms with Crippen LogP contribution in [0.25, 0.3) is 16.8 Å². The Morgan fingerprint density at radius 3 is 2.59 bits per heavy atom. The monoisotopic (exact) mass is 352 g/mol. The van der Waals surface area contributed by atoms with Crippen LogP contribution in [0.3, 0.4) is 0 Å². The van der Waals surface area contributed by atoms with Crippen LogP contribution in [0, 0.1) is 11.3 Å². The average molecular weight is 353 g/mol. The molecule has 0 saturated heterocycles. The van der Waals surface area contributed by atoms with E-state index in [1.807, 2.05) is 0 Å². The predicted molar refractivity (Wildman–Crippen MR) is 116 cm³/mol. The van der Waals surface area contributed by atoms with E-state index in [4.69, 9.17) is 0 Å². The van der Waals surface area contributed by atoms with E-state index in [-0.39, 0.29) is 0 Å². The van der Waals surface area contributed by atoms with Gasteiger partial charge in [0.1, 0.15) is 0 Å². The minimum absolute atomic E-state index is 0.418. The number of benzene rings is 3. The Bertz CT molecular complexity index is 1010. The molecule has 1 fully saturated rings. The lowest BCUT2D eigenvalue weighted by Gasteiger charge is -2.45. The topological polar surface area (TPSA) is 0 Å². The molecule has 0 spiro atoms. The largest absolute Gasteiger partial charge is 0.0796 e. The van der Waals surface area contributed by atoms with Gasteiger partial charge in [-0.3, -0.25) is 0 Å². The maximum atomic E-state index is 2.52. The van der Waals surface area contributed by atoms with Crippen LogP contribution in [0.4, 0.5) is 0 Å². The van der Waals surface area contributed by atoms with Gasteiger partial charge >= 0.3 is 0 Å². The lowest BCUT2D eigenvalue weighted by atomic mass is 9.59. The third kappa shape index (κ3) is 2.83. The van der Waals surface area contributed by atoms with Crippen LogP contribution in [0.15, 0.2) is 66.7 Å². The molecule has 2 aliphatic carbocycles. The summed E-state index contributed by atoms with van der Waals surface area (Å²) in [7, 11) is 0. The lowest BCUT2D eigenvalue weighted by molar-refractivity contribution is 0.151. The van der Waals surface area contributed by atoms with Crippen LogP contribution in [0.5, 0.6) is 0 Å². The van der Waals surface area contributed by atoms with Crippen molar-refractivity contribution in [3.63, 3.8) is 0 Å². The molecule has 27 heavy (non-hydrogen) atoms. The van der Waals surface area contributed by atoms with Crippen molar-refractivity contribution in [2.24, 2.45) is 11.3 Å². The predicted octanol–water partition coefficient (Wildman–Crippen LogP) is 7.37. The second-order valence-electron chi connectivity index (χ2n) is 9.12. The fraction of sp³-hybridized carbons (Fsp3) is 0.333. The van der Waals surface area contributed by atoms with Gasteiger partial charge in [0.2, 0.25) is 0 Å².